The molecule has 7 heteroatoms. The van der Waals surface area contributed by atoms with Crippen molar-refractivity contribution in [3.8, 4) is 11.5 Å². The molecule has 2 N–H and O–H groups in total. The minimum Gasteiger partial charge on any atom is -0.493 e. The van der Waals surface area contributed by atoms with Gasteiger partial charge in [-0.25, -0.2) is 4.39 Å². The van der Waals surface area contributed by atoms with Crippen molar-refractivity contribution in [1.29, 1.82) is 0 Å². The van der Waals surface area contributed by atoms with Crippen LogP contribution >= 0.6 is 0 Å². The van der Waals surface area contributed by atoms with Crippen LogP contribution in [0.4, 0.5) is 4.39 Å². The van der Waals surface area contributed by atoms with Gasteiger partial charge in [-0.3, -0.25) is 9.59 Å². The second-order valence-corrected chi connectivity index (χ2v) is 5.87. The molecule has 144 valence electrons. The highest BCUT2D eigenvalue weighted by Gasteiger charge is 2.09. The molecule has 0 spiro atoms. The van der Waals surface area contributed by atoms with Crippen LogP contribution in [0.1, 0.15) is 17.5 Å². The van der Waals surface area contributed by atoms with Crippen LogP contribution in [0.5, 0.6) is 11.5 Å². The molecule has 0 bridgehead atoms. The van der Waals surface area contributed by atoms with Crippen molar-refractivity contribution < 1.29 is 23.5 Å². The lowest BCUT2D eigenvalue weighted by molar-refractivity contribution is -0.129. The average Bonchev–Trinajstić information content (AvgIpc) is 2.67. The largest absolute Gasteiger partial charge is 0.493 e. The van der Waals surface area contributed by atoms with E-state index in [0.29, 0.717) is 24.5 Å². The van der Waals surface area contributed by atoms with Crippen LogP contribution < -0.4 is 20.1 Å². The Kier molecular flexibility index (Phi) is 7.61. The van der Waals surface area contributed by atoms with Gasteiger partial charge in [0.2, 0.25) is 11.8 Å². The maximum atomic E-state index is 12.8. The number of hydrogen-bond acceptors (Lipinski definition) is 4. The number of rotatable bonds is 9. The molecule has 6 nitrogen and oxygen atoms in total. The van der Waals surface area contributed by atoms with Crippen molar-refractivity contribution in [2.75, 3.05) is 20.8 Å². The number of halogens is 1. The summed E-state index contributed by atoms with van der Waals surface area (Å²) in [6.07, 6.45) is 0.344. The first-order chi connectivity index (χ1) is 13.0. The molecule has 0 saturated heterocycles. The fraction of sp³-hybridized carbons (Fsp3) is 0.300. The molecule has 0 heterocycles. The summed E-state index contributed by atoms with van der Waals surface area (Å²) in [5, 5.41) is 5.34. The molecule has 0 fully saturated rings. The van der Waals surface area contributed by atoms with E-state index in [1.54, 1.807) is 32.4 Å². The van der Waals surface area contributed by atoms with Gasteiger partial charge in [0.25, 0.3) is 0 Å². The molecule has 2 amide bonds. The summed E-state index contributed by atoms with van der Waals surface area (Å²) >= 11 is 0. The van der Waals surface area contributed by atoms with E-state index in [1.165, 1.54) is 12.1 Å². The van der Waals surface area contributed by atoms with Gasteiger partial charge in [-0.2, -0.15) is 0 Å². The average molecular weight is 374 g/mol. The molecular weight excluding hydrogens is 351 g/mol. The molecule has 0 radical (unpaired) electrons. The number of nitrogens with one attached hydrogen (secondary N) is 2. The van der Waals surface area contributed by atoms with Gasteiger partial charge in [-0.05, 0) is 41.8 Å². The molecule has 2 aromatic carbocycles. The van der Waals surface area contributed by atoms with E-state index in [4.69, 9.17) is 9.47 Å². The lowest BCUT2D eigenvalue weighted by Crippen LogP contribution is -2.32. The van der Waals surface area contributed by atoms with Gasteiger partial charge in [-0.15, -0.1) is 0 Å². The van der Waals surface area contributed by atoms with Crippen LogP contribution in [0.15, 0.2) is 42.5 Å². The molecule has 0 aliphatic rings. The van der Waals surface area contributed by atoms with Crippen molar-refractivity contribution in [3.05, 3.63) is 59.4 Å². The standard InChI is InChI=1S/C20H23FN2O4/c1-26-17-8-5-14(11-18(17)27-2)9-10-22-19(24)12-20(25)23-13-15-3-6-16(21)7-4-15/h3-8,11H,9-10,12-13H2,1-2H3,(H,22,24)(H,23,25). The SMILES string of the molecule is COc1ccc(CCNC(=O)CC(=O)NCc2ccc(F)cc2)cc1OC. The molecule has 2 aromatic rings. The Hall–Kier alpha value is -3.09. The van der Waals surface area contributed by atoms with E-state index < -0.39 is 0 Å². The number of amides is 2. The van der Waals surface area contributed by atoms with Gasteiger partial charge in [0.1, 0.15) is 12.2 Å². The Bertz CT molecular complexity index is 778. The fourth-order valence-electron chi connectivity index (χ4n) is 2.46. The first-order valence-corrected chi connectivity index (χ1v) is 8.50. The van der Waals surface area contributed by atoms with E-state index in [9.17, 15) is 14.0 Å². The van der Waals surface area contributed by atoms with Crippen molar-refractivity contribution >= 4 is 11.8 Å². The number of methoxy groups -OCH3 is 2. The van der Waals surface area contributed by atoms with Gasteiger partial charge < -0.3 is 20.1 Å². The molecule has 0 atom stereocenters. The summed E-state index contributed by atoms with van der Waals surface area (Å²) < 4.78 is 23.2. The summed E-state index contributed by atoms with van der Waals surface area (Å²) in [5.74, 6) is 0.193. The van der Waals surface area contributed by atoms with Crippen molar-refractivity contribution in [3.63, 3.8) is 0 Å². The summed E-state index contributed by atoms with van der Waals surface area (Å²) in [7, 11) is 3.13. The minimum absolute atomic E-state index is 0.248. The minimum atomic E-state index is -0.386. The van der Waals surface area contributed by atoms with Crippen LogP contribution in [0.3, 0.4) is 0 Å². The van der Waals surface area contributed by atoms with Crippen LogP contribution in [0.2, 0.25) is 0 Å². The zero-order valence-corrected chi connectivity index (χ0v) is 15.4. The normalized spacial score (nSPS) is 10.2. The summed E-state index contributed by atoms with van der Waals surface area (Å²) in [5.41, 5.74) is 1.74. The van der Waals surface area contributed by atoms with Crippen molar-refractivity contribution in [2.45, 2.75) is 19.4 Å². The van der Waals surface area contributed by atoms with Crippen LogP contribution in [0.25, 0.3) is 0 Å². The molecule has 0 saturated carbocycles. The summed E-state index contributed by atoms with van der Waals surface area (Å²) in [6, 6.07) is 11.4. The Morgan fingerprint density at radius 2 is 1.52 bits per heavy atom. The predicted octanol–water partition coefficient (Wildman–Crippen LogP) is 2.21. The van der Waals surface area contributed by atoms with Crippen LogP contribution in [0, 0.1) is 5.82 Å². The quantitative estimate of drug-likeness (QED) is 0.660. The van der Waals surface area contributed by atoms with Crippen molar-refractivity contribution in [1.82, 2.24) is 10.6 Å². The first-order valence-electron chi connectivity index (χ1n) is 8.50. The highest BCUT2D eigenvalue weighted by molar-refractivity contribution is 5.96. The van der Waals surface area contributed by atoms with Gasteiger partial charge in [0, 0.05) is 13.1 Å². The molecule has 0 aliphatic carbocycles. The topological polar surface area (TPSA) is 76.7 Å². The Morgan fingerprint density at radius 1 is 0.889 bits per heavy atom. The molecule has 27 heavy (non-hydrogen) atoms. The summed E-state index contributed by atoms with van der Waals surface area (Å²) in [4.78, 5) is 23.7. The monoisotopic (exact) mass is 374 g/mol. The van der Waals surface area contributed by atoms with Gasteiger partial charge in [-0.1, -0.05) is 18.2 Å². The maximum Gasteiger partial charge on any atom is 0.229 e. The van der Waals surface area contributed by atoms with Crippen LogP contribution in [-0.2, 0) is 22.6 Å². The number of carbonyl (C=O) groups excluding carboxylic acids is 2. The van der Waals surface area contributed by atoms with Crippen molar-refractivity contribution in [2.24, 2.45) is 0 Å². The molecule has 2 rings (SSSR count). The Morgan fingerprint density at radius 3 is 2.19 bits per heavy atom. The number of ether oxygens (including phenoxy) is 2. The van der Waals surface area contributed by atoms with Gasteiger partial charge in [0.05, 0.1) is 14.2 Å². The third kappa shape index (κ3) is 6.62. The summed E-state index contributed by atoms with van der Waals surface area (Å²) in [6.45, 7) is 0.650. The number of hydrogen-bond donors (Lipinski definition) is 2. The Balaban J connectivity index is 1.71. The smallest absolute Gasteiger partial charge is 0.229 e. The van der Waals surface area contributed by atoms with E-state index in [-0.39, 0.29) is 30.6 Å². The second-order valence-electron chi connectivity index (χ2n) is 5.87. The third-order valence-electron chi connectivity index (χ3n) is 3.91. The predicted molar refractivity (Wildman–Crippen MR) is 99.1 cm³/mol. The second kappa shape index (κ2) is 10.2. The highest BCUT2D eigenvalue weighted by Crippen LogP contribution is 2.27. The first kappa shape index (κ1) is 20.2. The lowest BCUT2D eigenvalue weighted by atomic mass is 10.1. The zero-order chi connectivity index (χ0) is 19.6. The van der Waals surface area contributed by atoms with Gasteiger partial charge >= 0.3 is 0 Å². The van der Waals surface area contributed by atoms with E-state index >= 15 is 0 Å². The molecular formula is C20H23FN2O4. The fourth-order valence-corrected chi connectivity index (χ4v) is 2.46. The number of carbonyl (C=O) groups is 2. The third-order valence-corrected chi connectivity index (χ3v) is 3.91. The molecule has 0 unspecified atom stereocenters. The van der Waals surface area contributed by atoms with E-state index in [2.05, 4.69) is 10.6 Å². The lowest BCUT2D eigenvalue weighted by Gasteiger charge is -2.10. The maximum absolute atomic E-state index is 12.8. The number of benzene rings is 2. The van der Waals surface area contributed by atoms with Crippen LogP contribution in [-0.4, -0.2) is 32.6 Å². The Labute approximate surface area is 157 Å². The molecule has 0 aliphatic heterocycles. The highest BCUT2D eigenvalue weighted by atomic mass is 19.1. The zero-order valence-electron chi connectivity index (χ0n) is 15.4. The molecule has 0 aromatic heterocycles. The van der Waals surface area contributed by atoms with Gasteiger partial charge in [0.15, 0.2) is 11.5 Å². The van der Waals surface area contributed by atoms with E-state index in [1.807, 2.05) is 12.1 Å². The van der Waals surface area contributed by atoms with E-state index in [0.717, 1.165) is 11.1 Å².